The summed E-state index contributed by atoms with van der Waals surface area (Å²) in [5, 5.41) is 11.2. The maximum Gasteiger partial charge on any atom is 0.407 e. The second kappa shape index (κ2) is 3.75. The molecule has 1 fully saturated rings. The monoisotopic (exact) mass is 238 g/mol. The molecule has 3 heterocycles. The van der Waals surface area contributed by atoms with Crippen LogP contribution < -0.4 is 0 Å². The minimum absolute atomic E-state index is 0.300. The number of rotatable bonds is 0. The molecule has 2 aliphatic rings. The maximum absolute atomic E-state index is 11.0. The smallest absolute Gasteiger partial charge is 0.407 e. The lowest BCUT2D eigenvalue weighted by Gasteiger charge is -2.42. The Balaban J connectivity index is 1.88. The highest BCUT2D eigenvalue weighted by atomic mass is 32.1. The Morgan fingerprint density at radius 2 is 2.31 bits per heavy atom. The van der Waals surface area contributed by atoms with Crippen LogP contribution >= 0.6 is 11.3 Å². The van der Waals surface area contributed by atoms with Crippen LogP contribution in [0.25, 0.3) is 0 Å². The van der Waals surface area contributed by atoms with E-state index >= 15 is 0 Å². The van der Waals surface area contributed by atoms with Crippen LogP contribution in [0, 0.1) is 0 Å². The van der Waals surface area contributed by atoms with Crippen molar-refractivity contribution in [1.82, 2.24) is 9.80 Å². The Hall–Kier alpha value is -1.07. The number of amides is 1. The molecule has 86 valence electrons. The van der Waals surface area contributed by atoms with E-state index < -0.39 is 6.09 Å². The first-order chi connectivity index (χ1) is 7.75. The summed E-state index contributed by atoms with van der Waals surface area (Å²) < 4.78 is 0. The van der Waals surface area contributed by atoms with Gasteiger partial charge in [0.25, 0.3) is 0 Å². The van der Waals surface area contributed by atoms with Crippen molar-refractivity contribution in [2.75, 3.05) is 26.2 Å². The van der Waals surface area contributed by atoms with Crippen LogP contribution in [-0.4, -0.2) is 47.2 Å². The summed E-state index contributed by atoms with van der Waals surface area (Å²) in [6.07, 6.45) is 0.325. The van der Waals surface area contributed by atoms with Gasteiger partial charge in [0.15, 0.2) is 0 Å². The molecule has 0 radical (unpaired) electrons. The van der Waals surface area contributed by atoms with Crippen molar-refractivity contribution < 1.29 is 9.90 Å². The molecule has 3 rings (SSSR count). The molecule has 5 heteroatoms. The van der Waals surface area contributed by atoms with Crippen molar-refractivity contribution in [2.24, 2.45) is 0 Å². The molecule has 2 aliphatic heterocycles. The van der Waals surface area contributed by atoms with Gasteiger partial charge in [-0.2, -0.15) is 0 Å². The van der Waals surface area contributed by atoms with Crippen LogP contribution in [0.4, 0.5) is 4.79 Å². The highest BCUT2D eigenvalue weighted by Crippen LogP contribution is 2.35. The Labute approximate surface area is 98.1 Å². The predicted molar refractivity (Wildman–Crippen MR) is 61.9 cm³/mol. The Kier molecular flexibility index (Phi) is 2.37. The van der Waals surface area contributed by atoms with Crippen molar-refractivity contribution in [3.63, 3.8) is 0 Å². The third kappa shape index (κ3) is 1.51. The fraction of sp³-hybridized carbons (Fsp3) is 0.545. The van der Waals surface area contributed by atoms with Crippen LogP contribution in [0.15, 0.2) is 11.4 Å². The van der Waals surface area contributed by atoms with Gasteiger partial charge in [-0.1, -0.05) is 0 Å². The van der Waals surface area contributed by atoms with Gasteiger partial charge in [0.2, 0.25) is 0 Å². The number of thiophene rings is 1. The van der Waals surface area contributed by atoms with E-state index in [4.69, 9.17) is 5.11 Å². The number of piperazine rings is 1. The van der Waals surface area contributed by atoms with E-state index in [2.05, 4.69) is 16.3 Å². The second-order valence-electron chi connectivity index (χ2n) is 4.34. The van der Waals surface area contributed by atoms with E-state index in [-0.39, 0.29) is 0 Å². The molecule has 16 heavy (non-hydrogen) atoms. The number of fused-ring (bicyclic) bond motifs is 3. The van der Waals surface area contributed by atoms with Gasteiger partial charge in [-0.25, -0.2) is 4.79 Å². The third-order valence-electron chi connectivity index (χ3n) is 3.51. The molecular formula is C11H14N2O2S. The lowest BCUT2D eigenvalue weighted by atomic mass is 9.99. The van der Waals surface area contributed by atoms with Gasteiger partial charge in [-0.15, -0.1) is 11.3 Å². The quantitative estimate of drug-likeness (QED) is 0.747. The second-order valence-corrected chi connectivity index (χ2v) is 5.29. The molecule has 0 saturated carbocycles. The van der Waals surface area contributed by atoms with Crippen molar-refractivity contribution in [3.8, 4) is 0 Å². The normalized spacial score (nSPS) is 25.0. The average Bonchev–Trinajstić information content (AvgIpc) is 2.76. The molecule has 1 amide bonds. The fourth-order valence-electron chi connectivity index (χ4n) is 2.62. The fourth-order valence-corrected chi connectivity index (χ4v) is 3.70. The molecule has 1 aromatic heterocycles. The largest absolute Gasteiger partial charge is 0.465 e. The van der Waals surface area contributed by atoms with Gasteiger partial charge in [-0.05, 0) is 23.4 Å². The lowest BCUT2D eigenvalue weighted by molar-refractivity contribution is 0.0651. The zero-order chi connectivity index (χ0) is 11.1. The summed E-state index contributed by atoms with van der Waals surface area (Å²) in [5.41, 5.74) is 1.42. The van der Waals surface area contributed by atoms with Crippen molar-refractivity contribution >= 4 is 17.4 Å². The molecule has 1 N–H and O–H groups in total. The van der Waals surface area contributed by atoms with Crippen molar-refractivity contribution in [1.29, 1.82) is 0 Å². The first-order valence-corrected chi connectivity index (χ1v) is 6.42. The summed E-state index contributed by atoms with van der Waals surface area (Å²) in [5.74, 6) is 0. The predicted octanol–water partition coefficient (Wildman–Crippen LogP) is 1.64. The molecule has 1 unspecified atom stereocenters. The molecule has 0 aromatic carbocycles. The van der Waals surface area contributed by atoms with E-state index in [1.54, 1.807) is 11.3 Å². The Morgan fingerprint density at radius 3 is 3.12 bits per heavy atom. The summed E-state index contributed by atoms with van der Waals surface area (Å²) >= 11 is 1.76. The number of carboxylic acid groups (broad SMARTS) is 1. The van der Waals surface area contributed by atoms with E-state index in [1.165, 1.54) is 15.3 Å². The highest BCUT2D eigenvalue weighted by Gasteiger charge is 2.34. The van der Waals surface area contributed by atoms with Crippen LogP contribution in [0.5, 0.6) is 0 Å². The van der Waals surface area contributed by atoms with Crippen LogP contribution in [0.1, 0.15) is 16.5 Å². The van der Waals surface area contributed by atoms with Gasteiger partial charge in [0.1, 0.15) is 0 Å². The number of nitrogens with zero attached hydrogens (tertiary/aromatic N) is 2. The van der Waals surface area contributed by atoms with E-state index in [1.807, 2.05) is 0 Å². The SMILES string of the molecule is O=C(O)N1CCN2CCc3ccsc3C2C1. The van der Waals surface area contributed by atoms with Gasteiger partial charge in [0, 0.05) is 31.1 Å². The standard InChI is InChI=1S/C11H14N2O2S/c14-11(15)13-5-4-12-3-1-8-2-6-16-10(8)9(12)7-13/h2,6,9H,1,3-5,7H2,(H,14,15). The highest BCUT2D eigenvalue weighted by molar-refractivity contribution is 7.10. The van der Waals surface area contributed by atoms with E-state index in [0.29, 0.717) is 19.1 Å². The van der Waals surface area contributed by atoms with Crippen LogP contribution in [0.3, 0.4) is 0 Å². The van der Waals surface area contributed by atoms with Crippen LogP contribution in [0.2, 0.25) is 0 Å². The van der Waals surface area contributed by atoms with Crippen LogP contribution in [-0.2, 0) is 6.42 Å². The van der Waals surface area contributed by atoms with Gasteiger partial charge < -0.3 is 10.0 Å². The van der Waals surface area contributed by atoms with Gasteiger partial charge in [-0.3, -0.25) is 4.90 Å². The number of hydrogen-bond donors (Lipinski definition) is 1. The Bertz CT molecular complexity index is 418. The Morgan fingerprint density at radius 1 is 1.44 bits per heavy atom. The van der Waals surface area contributed by atoms with Crippen molar-refractivity contribution in [3.05, 3.63) is 21.9 Å². The maximum atomic E-state index is 11.0. The molecule has 0 bridgehead atoms. The van der Waals surface area contributed by atoms with E-state index in [0.717, 1.165) is 19.5 Å². The first-order valence-electron chi connectivity index (χ1n) is 5.54. The average molecular weight is 238 g/mol. The molecule has 4 nitrogen and oxygen atoms in total. The molecule has 1 atom stereocenters. The van der Waals surface area contributed by atoms with Gasteiger partial charge >= 0.3 is 6.09 Å². The lowest BCUT2D eigenvalue weighted by Crippen LogP contribution is -2.51. The molecular weight excluding hydrogens is 224 g/mol. The topological polar surface area (TPSA) is 43.8 Å². The van der Waals surface area contributed by atoms with Crippen molar-refractivity contribution in [2.45, 2.75) is 12.5 Å². The minimum atomic E-state index is -0.789. The number of carbonyl (C=O) groups is 1. The molecule has 1 saturated heterocycles. The van der Waals surface area contributed by atoms with E-state index in [9.17, 15) is 4.79 Å². The molecule has 1 aromatic rings. The summed E-state index contributed by atoms with van der Waals surface area (Å²) in [6, 6.07) is 2.48. The first kappa shape index (κ1) is 10.1. The zero-order valence-corrected chi connectivity index (χ0v) is 9.74. The zero-order valence-electron chi connectivity index (χ0n) is 8.93. The number of hydrogen-bond acceptors (Lipinski definition) is 3. The molecule has 0 aliphatic carbocycles. The minimum Gasteiger partial charge on any atom is -0.465 e. The third-order valence-corrected chi connectivity index (χ3v) is 4.57. The summed E-state index contributed by atoms with van der Waals surface area (Å²) in [6.45, 7) is 3.21. The summed E-state index contributed by atoms with van der Waals surface area (Å²) in [7, 11) is 0. The molecule has 0 spiro atoms. The summed E-state index contributed by atoms with van der Waals surface area (Å²) in [4.78, 5) is 16.3. The van der Waals surface area contributed by atoms with Gasteiger partial charge in [0.05, 0.1) is 6.04 Å².